The molecule has 4 rings (SSSR count). The first kappa shape index (κ1) is 18.7. The summed E-state index contributed by atoms with van der Waals surface area (Å²) in [5.41, 5.74) is 1.18. The van der Waals surface area contributed by atoms with Crippen molar-refractivity contribution in [3.05, 3.63) is 87.3 Å². The highest BCUT2D eigenvalue weighted by atomic mass is 32.1. The van der Waals surface area contributed by atoms with Crippen molar-refractivity contribution in [1.82, 2.24) is 9.55 Å². The molecule has 0 unspecified atom stereocenters. The van der Waals surface area contributed by atoms with Crippen molar-refractivity contribution in [3.63, 3.8) is 0 Å². The lowest BCUT2D eigenvalue weighted by Gasteiger charge is -2.11. The minimum atomic E-state index is -0.324. The van der Waals surface area contributed by atoms with Crippen molar-refractivity contribution >= 4 is 34.7 Å². The van der Waals surface area contributed by atoms with Crippen molar-refractivity contribution in [2.75, 3.05) is 12.4 Å². The number of hydrogen-bond donors (Lipinski definition) is 2. The molecular weight excluding hydrogens is 390 g/mol. The molecule has 146 valence electrons. The van der Waals surface area contributed by atoms with Gasteiger partial charge in [0.15, 0.2) is 4.77 Å². The molecule has 0 atom stereocenters. The zero-order chi connectivity index (χ0) is 20.4. The first-order chi connectivity index (χ1) is 14.1. The smallest absolute Gasteiger partial charge is 0.262 e. The van der Waals surface area contributed by atoms with E-state index in [0.717, 1.165) is 0 Å². The monoisotopic (exact) mass is 407 g/mol. The summed E-state index contributed by atoms with van der Waals surface area (Å²) >= 11 is 5.34. The summed E-state index contributed by atoms with van der Waals surface area (Å²) < 4.78 is 12.2. The maximum atomic E-state index is 12.8. The van der Waals surface area contributed by atoms with Gasteiger partial charge >= 0.3 is 0 Å². The number of H-pyrrole nitrogens is 1. The number of hydrogen-bond acceptors (Lipinski definition) is 5. The van der Waals surface area contributed by atoms with Crippen LogP contribution in [-0.4, -0.2) is 22.6 Å². The Morgan fingerprint density at radius 3 is 2.79 bits per heavy atom. The molecule has 0 saturated carbocycles. The number of nitrogens with zero attached hydrogens (tertiary/aromatic N) is 1. The number of ether oxygens (including phenoxy) is 1. The van der Waals surface area contributed by atoms with E-state index in [4.69, 9.17) is 21.4 Å². The van der Waals surface area contributed by atoms with Crippen molar-refractivity contribution in [1.29, 1.82) is 0 Å². The van der Waals surface area contributed by atoms with Gasteiger partial charge in [0.1, 0.15) is 11.5 Å². The quantitative estimate of drug-likeness (QED) is 0.489. The molecule has 2 aromatic heterocycles. The highest BCUT2D eigenvalue weighted by Gasteiger charge is 2.13. The third-order valence-electron chi connectivity index (χ3n) is 4.49. The summed E-state index contributed by atoms with van der Waals surface area (Å²) in [5.74, 6) is 0.857. The van der Waals surface area contributed by atoms with Gasteiger partial charge in [-0.05, 0) is 54.7 Å². The Hall–Kier alpha value is -3.65. The molecule has 7 nitrogen and oxygen atoms in total. The molecule has 29 heavy (non-hydrogen) atoms. The third-order valence-corrected chi connectivity index (χ3v) is 4.82. The minimum absolute atomic E-state index is 0.229. The zero-order valence-corrected chi connectivity index (χ0v) is 16.3. The van der Waals surface area contributed by atoms with Crippen molar-refractivity contribution in [2.24, 2.45) is 0 Å². The molecule has 8 heteroatoms. The number of nitrogens with one attached hydrogen (secondary N) is 2. The van der Waals surface area contributed by atoms with Gasteiger partial charge < -0.3 is 19.5 Å². The van der Waals surface area contributed by atoms with Gasteiger partial charge in [-0.25, -0.2) is 0 Å². The lowest BCUT2D eigenvalue weighted by molar-refractivity contribution is 0.102. The number of methoxy groups -OCH3 is 1. The van der Waals surface area contributed by atoms with Gasteiger partial charge in [0.25, 0.3) is 11.5 Å². The van der Waals surface area contributed by atoms with Crippen LogP contribution in [0.2, 0.25) is 0 Å². The first-order valence-corrected chi connectivity index (χ1v) is 9.21. The van der Waals surface area contributed by atoms with Crippen LogP contribution >= 0.6 is 12.2 Å². The van der Waals surface area contributed by atoms with E-state index in [1.54, 1.807) is 54.8 Å². The summed E-state index contributed by atoms with van der Waals surface area (Å²) in [6, 6.07) is 15.5. The first-order valence-electron chi connectivity index (χ1n) is 8.80. The summed E-state index contributed by atoms with van der Waals surface area (Å²) in [5, 5.41) is 3.24. The third kappa shape index (κ3) is 3.70. The van der Waals surface area contributed by atoms with Crippen LogP contribution in [0, 0.1) is 4.77 Å². The second-order valence-electron chi connectivity index (χ2n) is 6.32. The number of carbonyl (C=O) groups excluding carboxylic acids is 1. The van der Waals surface area contributed by atoms with Gasteiger partial charge in [-0.2, -0.15) is 0 Å². The van der Waals surface area contributed by atoms with Crippen LogP contribution in [0.1, 0.15) is 16.1 Å². The number of furan rings is 1. The van der Waals surface area contributed by atoms with Crippen LogP contribution in [0.4, 0.5) is 5.69 Å². The predicted octanol–water partition coefficient (Wildman–Crippen LogP) is 3.96. The average molecular weight is 407 g/mol. The van der Waals surface area contributed by atoms with Gasteiger partial charge in [0.05, 0.1) is 36.5 Å². The Morgan fingerprint density at radius 2 is 2.03 bits per heavy atom. The van der Waals surface area contributed by atoms with E-state index in [2.05, 4.69) is 10.3 Å². The number of para-hydroxylation sites is 2. The summed E-state index contributed by atoms with van der Waals surface area (Å²) in [7, 11) is 1.54. The van der Waals surface area contributed by atoms with Crippen LogP contribution < -0.4 is 15.6 Å². The van der Waals surface area contributed by atoms with Gasteiger partial charge in [0.2, 0.25) is 0 Å². The SMILES string of the molecule is COc1ccccc1NC(=O)c1ccc2c(=O)n(Cc3ccco3)c(=S)[nH]c2c1. The van der Waals surface area contributed by atoms with E-state index in [-0.39, 0.29) is 22.8 Å². The minimum Gasteiger partial charge on any atom is -0.495 e. The van der Waals surface area contributed by atoms with Gasteiger partial charge in [0, 0.05) is 5.56 Å². The highest BCUT2D eigenvalue weighted by Crippen LogP contribution is 2.24. The fourth-order valence-corrected chi connectivity index (χ4v) is 3.30. The Labute approximate surface area is 170 Å². The molecule has 0 bridgehead atoms. The fraction of sp³-hybridized carbons (Fsp3) is 0.0952. The fourth-order valence-electron chi connectivity index (χ4n) is 3.04. The standard InChI is InChI=1S/C21H17N3O4S/c1-27-18-7-3-2-6-16(18)22-19(25)13-8-9-15-17(11-13)23-21(29)24(20(15)26)12-14-5-4-10-28-14/h2-11H,12H2,1H3,(H,22,25)(H,23,29). The van der Waals surface area contributed by atoms with E-state index < -0.39 is 0 Å². The summed E-state index contributed by atoms with van der Waals surface area (Å²) in [4.78, 5) is 28.5. The zero-order valence-electron chi connectivity index (χ0n) is 15.5. The summed E-state index contributed by atoms with van der Waals surface area (Å²) in [6.45, 7) is 0.229. The largest absolute Gasteiger partial charge is 0.495 e. The number of aromatic amines is 1. The molecule has 2 heterocycles. The van der Waals surface area contributed by atoms with Crippen LogP contribution in [0.15, 0.2) is 70.1 Å². The molecule has 4 aromatic rings. The molecule has 0 radical (unpaired) electrons. The Balaban J connectivity index is 1.68. The van der Waals surface area contributed by atoms with E-state index in [9.17, 15) is 9.59 Å². The molecule has 0 aliphatic rings. The van der Waals surface area contributed by atoms with Crippen LogP contribution in [0.25, 0.3) is 10.9 Å². The second-order valence-corrected chi connectivity index (χ2v) is 6.70. The van der Waals surface area contributed by atoms with E-state index in [0.29, 0.717) is 33.7 Å². The highest BCUT2D eigenvalue weighted by molar-refractivity contribution is 7.71. The number of aromatic nitrogens is 2. The lowest BCUT2D eigenvalue weighted by Crippen LogP contribution is -2.23. The molecular formula is C21H17N3O4S. The van der Waals surface area contributed by atoms with Crippen LogP contribution in [-0.2, 0) is 6.54 Å². The normalized spacial score (nSPS) is 10.8. The molecule has 0 saturated heterocycles. The van der Waals surface area contributed by atoms with E-state index in [1.807, 2.05) is 6.07 Å². The van der Waals surface area contributed by atoms with E-state index in [1.165, 1.54) is 11.7 Å². The van der Waals surface area contributed by atoms with Gasteiger partial charge in [-0.15, -0.1) is 0 Å². The number of fused-ring (bicyclic) bond motifs is 1. The van der Waals surface area contributed by atoms with Gasteiger partial charge in [-0.3, -0.25) is 14.2 Å². The molecule has 0 aliphatic heterocycles. The van der Waals surface area contributed by atoms with Crippen molar-refractivity contribution < 1.29 is 13.9 Å². The Kier molecular flexibility index (Phi) is 5.01. The molecule has 0 fully saturated rings. The van der Waals surface area contributed by atoms with Gasteiger partial charge in [-0.1, -0.05) is 12.1 Å². The molecule has 2 aromatic carbocycles. The number of carbonyl (C=O) groups is 1. The van der Waals surface area contributed by atoms with Crippen molar-refractivity contribution in [2.45, 2.75) is 6.54 Å². The van der Waals surface area contributed by atoms with Crippen LogP contribution in [0.5, 0.6) is 5.75 Å². The predicted molar refractivity (Wildman–Crippen MR) is 112 cm³/mol. The Bertz CT molecular complexity index is 1310. The number of amides is 1. The van der Waals surface area contributed by atoms with Crippen LogP contribution in [0.3, 0.4) is 0 Å². The summed E-state index contributed by atoms with van der Waals surface area (Å²) in [6.07, 6.45) is 1.54. The number of anilines is 1. The lowest BCUT2D eigenvalue weighted by atomic mass is 10.1. The topological polar surface area (TPSA) is 89.3 Å². The second kappa shape index (κ2) is 7.76. The molecule has 2 N–H and O–H groups in total. The number of benzene rings is 2. The number of rotatable bonds is 5. The molecule has 0 aliphatic carbocycles. The molecule has 1 amide bonds. The van der Waals surface area contributed by atoms with Crippen molar-refractivity contribution in [3.8, 4) is 5.75 Å². The maximum absolute atomic E-state index is 12.8. The maximum Gasteiger partial charge on any atom is 0.262 e. The molecule has 0 spiro atoms. The van der Waals surface area contributed by atoms with E-state index >= 15 is 0 Å². The Morgan fingerprint density at radius 1 is 1.21 bits per heavy atom. The average Bonchev–Trinajstić information content (AvgIpc) is 3.24.